The molecule has 1 aromatic heterocycles. The first-order chi connectivity index (χ1) is 18.6. The van der Waals surface area contributed by atoms with Crippen LogP contribution in [0.5, 0.6) is 5.75 Å². The van der Waals surface area contributed by atoms with Crippen molar-refractivity contribution in [1.82, 2.24) is 14.8 Å². The van der Waals surface area contributed by atoms with E-state index in [-0.39, 0.29) is 16.7 Å². The predicted octanol–water partition coefficient (Wildman–Crippen LogP) is 4.73. The summed E-state index contributed by atoms with van der Waals surface area (Å²) in [6.45, 7) is 2.83. The summed E-state index contributed by atoms with van der Waals surface area (Å²) in [5.41, 5.74) is 5.42. The molecule has 2 aliphatic heterocycles. The van der Waals surface area contributed by atoms with E-state index in [0.717, 1.165) is 51.7 Å². The molecule has 2 aromatic carbocycles. The van der Waals surface area contributed by atoms with Crippen LogP contribution < -0.4 is 0 Å². The van der Waals surface area contributed by atoms with E-state index in [1.165, 1.54) is 28.7 Å². The molecule has 8 rings (SSSR count). The zero-order valence-electron chi connectivity index (χ0n) is 21.8. The Morgan fingerprint density at radius 3 is 2.68 bits per heavy atom. The van der Waals surface area contributed by atoms with E-state index < -0.39 is 0 Å². The van der Waals surface area contributed by atoms with Crippen LogP contribution in [0.15, 0.2) is 73.1 Å². The second kappa shape index (κ2) is 8.16. The fourth-order valence-corrected chi connectivity index (χ4v) is 10.0. The molecule has 4 fully saturated rings. The highest BCUT2D eigenvalue weighted by Gasteiger charge is 2.77. The van der Waals surface area contributed by atoms with Crippen LogP contribution in [-0.2, 0) is 29.6 Å². The summed E-state index contributed by atoms with van der Waals surface area (Å²) in [5, 5.41) is 10.7. The van der Waals surface area contributed by atoms with Gasteiger partial charge in [-0.1, -0.05) is 36.4 Å². The Morgan fingerprint density at radius 2 is 1.84 bits per heavy atom. The van der Waals surface area contributed by atoms with Crippen LogP contribution in [-0.4, -0.2) is 51.0 Å². The lowest BCUT2D eigenvalue weighted by Gasteiger charge is -2.66. The van der Waals surface area contributed by atoms with E-state index in [2.05, 4.69) is 63.3 Å². The second-order valence-electron chi connectivity index (χ2n) is 12.5. The van der Waals surface area contributed by atoms with Crippen LogP contribution in [0, 0.1) is 17.3 Å². The minimum Gasteiger partial charge on any atom is -0.508 e. The van der Waals surface area contributed by atoms with Crippen molar-refractivity contribution >= 4 is 5.91 Å². The predicted molar refractivity (Wildman–Crippen MR) is 145 cm³/mol. The van der Waals surface area contributed by atoms with Crippen molar-refractivity contribution in [2.45, 2.75) is 62.6 Å². The molecule has 1 N–H and O–H groups in total. The van der Waals surface area contributed by atoms with Crippen LogP contribution in [0.1, 0.15) is 47.9 Å². The third kappa shape index (κ3) is 2.91. The van der Waals surface area contributed by atoms with Gasteiger partial charge in [0.15, 0.2) is 0 Å². The van der Waals surface area contributed by atoms with Crippen molar-refractivity contribution in [3.8, 4) is 5.75 Å². The SMILES string of the molecule is O=C1[C@H]2CC34CCC(C2C32CCN(CCc3ccncc3)C4Cc3ccc(O)cc32)N1Cc1ccccc1. The molecule has 5 unspecified atom stereocenters. The summed E-state index contributed by atoms with van der Waals surface area (Å²) in [6, 6.07) is 21.7. The quantitative estimate of drug-likeness (QED) is 0.545. The lowest BCUT2D eigenvalue weighted by molar-refractivity contribution is -0.138. The van der Waals surface area contributed by atoms with Crippen molar-refractivity contribution in [3.05, 3.63) is 95.3 Å². The average molecular weight is 506 g/mol. The maximum Gasteiger partial charge on any atom is 0.226 e. The van der Waals surface area contributed by atoms with Gasteiger partial charge >= 0.3 is 0 Å². The first kappa shape index (κ1) is 22.8. The van der Waals surface area contributed by atoms with E-state index in [1.54, 1.807) is 0 Å². The van der Waals surface area contributed by atoms with Gasteiger partial charge in [0.1, 0.15) is 5.75 Å². The number of benzene rings is 2. The van der Waals surface area contributed by atoms with E-state index >= 15 is 0 Å². The summed E-state index contributed by atoms with van der Waals surface area (Å²) in [4.78, 5) is 23.3. The molecule has 5 heteroatoms. The summed E-state index contributed by atoms with van der Waals surface area (Å²) in [5.74, 6) is 1.19. The highest BCUT2D eigenvalue weighted by atomic mass is 16.3. The summed E-state index contributed by atoms with van der Waals surface area (Å²) < 4.78 is 0. The van der Waals surface area contributed by atoms with E-state index in [4.69, 9.17) is 0 Å². The molecule has 3 aliphatic carbocycles. The number of phenols is 1. The fourth-order valence-electron chi connectivity index (χ4n) is 10.0. The first-order valence-corrected chi connectivity index (χ1v) is 14.4. The highest BCUT2D eigenvalue weighted by Crippen LogP contribution is 2.75. The molecule has 38 heavy (non-hydrogen) atoms. The number of fused-ring (bicyclic) bond motifs is 1. The Kier molecular flexibility index (Phi) is 4.89. The number of carbonyl (C=O) groups excluding carboxylic acids is 1. The van der Waals surface area contributed by atoms with Crippen molar-refractivity contribution in [3.63, 3.8) is 0 Å². The molecule has 5 nitrogen and oxygen atoms in total. The number of pyridine rings is 1. The molecule has 3 aromatic rings. The van der Waals surface area contributed by atoms with Crippen LogP contribution in [0.3, 0.4) is 0 Å². The first-order valence-electron chi connectivity index (χ1n) is 14.4. The fraction of sp³-hybridized carbons (Fsp3) is 0.455. The molecule has 4 bridgehead atoms. The zero-order chi connectivity index (χ0) is 25.5. The number of piperidine rings is 1. The van der Waals surface area contributed by atoms with Gasteiger partial charge in [0.25, 0.3) is 0 Å². The largest absolute Gasteiger partial charge is 0.508 e. The molecule has 3 heterocycles. The Labute approximate surface area is 224 Å². The molecular weight excluding hydrogens is 470 g/mol. The minimum absolute atomic E-state index is 0.0220. The van der Waals surface area contributed by atoms with Gasteiger partial charge in [0.05, 0.1) is 0 Å². The third-order valence-electron chi connectivity index (χ3n) is 11.3. The molecule has 2 saturated carbocycles. The third-order valence-corrected chi connectivity index (χ3v) is 11.3. The van der Waals surface area contributed by atoms with Gasteiger partial charge in [-0.05, 0) is 97.0 Å². The van der Waals surface area contributed by atoms with Gasteiger partial charge in [-0.2, -0.15) is 0 Å². The van der Waals surface area contributed by atoms with E-state index in [1.807, 2.05) is 24.5 Å². The van der Waals surface area contributed by atoms with Crippen molar-refractivity contribution in [2.75, 3.05) is 13.1 Å². The van der Waals surface area contributed by atoms with Gasteiger partial charge in [-0.25, -0.2) is 0 Å². The Morgan fingerprint density at radius 1 is 1.00 bits per heavy atom. The average Bonchev–Trinajstić information content (AvgIpc) is 3.32. The molecule has 0 radical (unpaired) electrons. The zero-order valence-corrected chi connectivity index (χ0v) is 21.8. The van der Waals surface area contributed by atoms with Gasteiger partial charge in [-0.15, -0.1) is 0 Å². The number of aromatic hydroxyl groups is 1. The van der Waals surface area contributed by atoms with Crippen LogP contribution in [0.2, 0.25) is 0 Å². The maximum atomic E-state index is 14.1. The van der Waals surface area contributed by atoms with Crippen LogP contribution >= 0.6 is 0 Å². The summed E-state index contributed by atoms with van der Waals surface area (Å²) >= 11 is 0. The number of amides is 1. The van der Waals surface area contributed by atoms with Crippen molar-refractivity contribution in [1.29, 1.82) is 0 Å². The lowest BCUT2D eigenvalue weighted by Crippen LogP contribution is -2.69. The number of nitrogens with zero attached hydrogens (tertiary/aromatic N) is 3. The summed E-state index contributed by atoms with van der Waals surface area (Å²) in [7, 11) is 0. The standard InChI is InChI=1S/C33H35N3O2/c37-25-7-6-24-18-29-32-12-8-28-30(26(20-32)31(38)36(28)21-23-4-2-1-3-5-23)33(32,27(24)19-25)13-17-35(29)16-11-22-9-14-34-15-10-22/h1-7,9-10,14-15,19,26,28-30,37H,8,11-13,16-18,20-21H2/t26-,28?,29?,30?,32?,33?/m0/s1. The van der Waals surface area contributed by atoms with Crippen LogP contribution in [0.4, 0.5) is 0 Å². The maximum absolute atomic E-state index is 14.1. The normalized spacial score (nSPS) is 34.7. The molecule has 1 amide bonds. The van der Waals surface area contributed by atoms with E-state index in [0.29, 0.717) is 29.7 Å². The summed E-state index contributed by atoms with van der Waals surface area (Å²) in [6.07, 6.45) is 10.2. The number of rotatable bonds is 5. The van der Waals surface area contributed by atoms with Gasteiger partial charge in [0.2, 0.25) is 5.91 Å². The number of likely N-dealkylation sites (tertiary alicyclic amines) is 2. The topological polar surface area (TPSA) is 56.7 Å². The monoisotopic (exact) mass is 505 g/mol. The highest BCUT2D eigenvalue weighted by molar-refractivity contribution is 5.84. The number of hydrogen-bond acceptors (Lipinski definition) is 4. The van der Waals surface area contributed by atoms with Crippen LogP contribution in [0.25, 0.3) is 0 Å². The molecule has 5 aliphatic rings. The smallest absolute Gasteiger partial charge is 0.226 e. The van der Waals surface area contributed by atoms with E-state index in [9.17, 15) is 9.90 Å². The molecular formula is C33H35N3O2. The van der Waals surface area contributed by atoms with Gasteiger partial charge < -0.3 is 10.0 Å². The number of carbonyl (C=O) groups is 1. The molecule has 6 atom stereocenters. The molecule has 2 saturated heterocycles. The Hall–Kier alpha value is -3.18. The van der Waals surface area contributed by atoms with Gasteiger partial charge in [-0.3, -0.25) is 14.7 Å². The Bertz CT molecular complexity index is 1390. The minimum atomic E-state index is -0.0220. The lowest BCUT2D eigenvalue weighted by atomic mass is 9.43. The number of aromatic nitrogens is 1. The number of phenolic OH excluding ortho intramolecular Hbond substituents is 1. The molecule has 194 valence electrons. The Balaban J connectivity index is 1.20. The second-order valence-corrected chi connectivity index (χ2v) is 12.5. The van der Waals surface area contributed by atoms with Crippen molar-refractivity contribution in [2.24, 2.45) is 17.3 Å². The van der Waals surface area contributed by atoms with Crippen molar-refractivity contribution < 1.29 is 9.90 Å². The molecule has 0 spiro atoms. The van der Waals surface area contributed by atoms with Gasteiger partial charge in [0, 0.05) is 54.8 Å². The number of hydrogen-bond donors (Lipinski definition) is 1.